The van der Waals surface area contributed by atoms with Crippen molar-refractivity contribution in [2.75, 3.05) is 11.9 Å². The Kier molecular flexibility index (Phi) is 5.48. The number of para-hydroxylation sites is 1. The molecule has 0 spiro atoms. The number of thiazole rings is 1. The molecular weight excluding hydrogens is 422 g/mol. The van der Waals surface area contributed by atoms with Crippen LogP contribution in [0, 0.1) is 6.92 Å². The third-order valence-electron chi connectivity index (χ3n) is 5.13. The number of aromatic nitrogens is 3. The Balaban J connectivity index is 1.51. The van der Waals surface area contributed by atoms with E-state index in [9.17, 15) is 13.2 Å². The number of nitrogens with zero attached hydrogens (tertiary/aromatic N) is 4. The molecule has 0 saturated heterocycles. The van der Waals surface area contributed by atoms with Crippen molar-refractivity contribution >= 4 is 32.4 Å². The number of amides is 1. The summed E-state index contributed by atoms with van der Waals surface area (Å²) < 4.78 is 28.1. The van der Waals surface area contributed by atoms with E-state index in [1.54, 1.807) is 24.7 Å². The monoisotopic (exact) mass is 445 g/mol. The van der Waals surface area contributed by atoms with E-state index >= 15 is 0 Å². The minimum Gasteiger partial charge on any atom is -0.298 e. The van der Waals surface area contributed by atoms with Crippen molar-refractivity contribution in [3.63, 3.8) is 0 Å². The molecule has 1 aliphatic rings. The van der Waals surface area contributed by atoms with E-state index in [0.29, 0.717) is 30.2 Å². The molecule has 3 aromatic rings. The first-order valence-corrected chi connectivity index (χ1v) is 12.0. The Morgan fingerprint density at radius 3 is 2.67 bits per heavy atom. The Morgan fingerprint density at radius 2 is 1.97 bits per heavy atom. The molecular formula is C20H23N5O3S2. The lowest BCUT2D eigenvalue weighted by molar-refractivity contribution is 0.102. The van der Waals surface area contributed by atoms with Gasteiger partial charge in [-0.05, 0) is 32.9 Å². The molecule has 0 fully saturated rings. The van der Waals surface area contributed by atoms with E-state index in [2.05, 4.69) is 15.4 Å². The Bertz CT molecular complexity index is 1180. The standard InChI is InChI=1S/C20H23N5O3S2/c1-13(2)30(27,28)24-10-9-17-18(12-24)29-20(22-17)23-19(26)16-11-21-25(14(16)3)15-7-5-4-6-8-15/h4-8,11,13H,9-10,12H2,1-3H3,(H,22,23,26). The first kappa shape index (κ1) is 20.7. The lowest BCUT2D eigenvalue weighted by Gasteiger charge is -2.26. The lowest BCUT2D eigenvalue weighted by atomic mass is 10.2. The summed E-state index contributed by atoms with van der Waals surface area (Å²) in [6, 6.07) is 9.60. The zero-order valence-corrected chi connectivity index (χ0v) is 18.6. The molecule has 3 heterocycles. The van der Waals surface area contributed by atoms with E-state index in [-0.39, 0.29) is 5.91 Å². The molecule has 0 unspecified atom stereocenters. The average molecular weight is 446 g/mol. The number of sulfonamides is 1. The smallest absolute Gasteiger partial charge is 0.260 e. The van der Waals surface area contributed by atoms with Gasteiger partial charge < -0.3 is 0 Å². The van der Waals surface area contributed by atoms with Crippen LogP contribution in [0.4, 0.5) is 5.13 Å². The van der Waals surface area contributed by atoms with Gasteiger partial charge >= 0.3 is 0 Å². The van der Waals surface area contributed by atoms with Gasteiger partial charge in [0.05, 0.1) is 34.1 Å². The second kappa shape index (κ2) is 7.93. The van der Waals surface area contributed by atoms with Crippen LogP contribution in [0.2, 0.25) is 0 Å². The molecule has 4 rings (SSSR count). The van der Waals surface area contributed by atoms with Crippen molar-refractivity contribution in [2.45, 2.75) is 39.0 Å². The van der Waals surface area contributed by atoms with Crippen LogP contribution in [0.25, 0.3) is 5.69 Å². The molecule has 0 aliphatic carbocycles. The molecule has 0 saturated carbocycles. The summed E-state index contributed by atoms with van der Waals surface area (Å²) >= 11 is 1.32. The highest BCUT2D eigenvalue weighted by atomic mass is 32.2. The summed E-state index contributed by atoms with van der Waals surface area (Å²) in [4.78, 5) is 18.2. The number of carbonyl (C=O) groups excluding carboxylic acids is 1. The Hall–Kier alpha value is -2.56. The largest absolute Gasteiger partial charge is 0.298 e. The van der Waals surface area contributed by atoms with Crippen molar-refractivity contribution in [2.24, 2.45) is 0 Å². The van der Waals surface area contributed by atoms with Crippen LogP contribution < -0.4 is 5.32 Å². The zero-order chi connectivity index (χ0) is 21.5. The Morgan fingerprint density at radius 1 is 1.23 bits per heavy atom. The molecule has 8 nitrogen and oxygen atoms in total. The maximum atomic E-state index is 12.8. The first-order chi connectivity index (χ1) is 14.3. The number of hydrogen-bond acceptors (Lipinski definition) is 6. The third-order valence-corrected chi connectivity index (χ3v) is 8.35. The van der Waals surface area contributed by atoms with Gasteiger partial charge in [-0.25, -0.2) is 18.1 Å². The van der Waals surface area contributed by atoms with E-state index in [0.717, 1.165) is 22.0 Å². The fraction of sp³-hybridized carbons (Fsp3) is 0.350. The molecule has 0 radical (unpaired) electrons. The summed E-state index contributed by atoms with van der Waals surface area (Å²) in [7, 11) is -3.31. The zero-order valence-electron chi connectivity index (χ0n) is 17.0. The van der Waals surface area contributed by atoms with Crippen LogP contribution in [-0.4, -0.2) is 45.2 Å². The van der Waals surface area contributed by atoms with Gasteiger partial charge in [-0.2, -0.15) is 9.40 Å². The highest BCUT2D eigenvalue weighted by Gasteiger charge is 2.31. The molecule has 0 bridgehead atoms. The van der Waals surface area contributed by atoms with Crippen molar-refractivity contribution in [3.8, 4) is 5.69 Å². The van der Waals surface area contributed by atoms with E-state index in [1.807, 2.05) is 37.3 Å². The van der Waals surface area contributed by atoms with Gasteiger partial charge in [0.2, 0.25) is 10.0 Å². The van der Waals surface area contributed by atoms with Crippen LogP contribution in [0.5, 0.6) is 0 Å². The number of nitrogens with one attached hydrogen (secondary N) is 1. The summed E-state index contributed by atoms with van der Waals surface area (Å²) in [6.07, 6.45) is 2.08. The molecule has 1 N–H and O–H groups in total. The number of hydrogen-bond donors (Lipinski definition) is 1. The van der Waals surface area contributed by atoms with Crippen LogP contribution in [0.1, 0.15) is 40.5 Å². The number of anilines is 1. The summed E-state index contributed by atoms with van der Waals surface area (Å²) in [5.41, 5.74) is 2.93. The lowest BCUT2D eigenvalue weighted by Crippen LogP contribution is -2.39. The van der Waals surface area contributed by atoms with Crippen molar-refractivity contribution in [3.05, 3.63) is 58.4 Å². The predicted molar refractivity (Wildman–Crippen MR) is 117 cm³/mol. The maximum Gasteiger partial charge on any atom is 0.260 e. The molecule has 10 heteroatoms. The van der Waals surface area contributed by atoms with Gasteiger partial charge in [-0.15, -0.1) is 11.3 Å². The molecule has 1 aromatic carbocycles. The van der Waals surface area contributed by atoms with Crippen LogP contribution in [0.15, 0.2) is 36.5 Å². The molecule has 158 valence electrons. The van der Waals surface area contributed by atoms with Crippen LogP contribution in [-0.2, 0) is 23.0 Å². The van der Waals surface area contributed by atoms with Gasteiger partial charge in [0.15, 0.2) is 5.13 Å². The van der Waals surface area contributed by atoms with Crippen molar-refractivity contribution in [1.29, 1.82) is 0 Å². The van der Waals surface area contributed by atoms with Gasteiger partial charge in [-0.3, -0.25) is 10.1 Å². The minimum atomic E-state index is -3.31. The second-order valence-corrected chi connectivity index (χ2v) is 11.0. The second-order valence-electron chi connectivity index (χ2n) is 7.41. The summed E-state index contributed by atoms with van der Waals surface area (Å²) in [5.74, 6) is -0.285. The number of carbonyl (C=O) groups is 1. The highest BCUT2D eigenvalue weighted by molar-refractivity contribution is 7.89. The maximum absolute atomic E-state index is 12.8. The molecule has 2 aromatic heterocycles. The van der Waals surface area contributed by atoms with Gasteiger partial charge in [-0.1, -0.05) is 18.2 Å². The molecule has 30 heavy (non-hydrogen) atoms. The van der Waals surface area contributed by atoms with Crippen LogP contribution >= 0.6 is 11.3 Å². The third kappa shape index (κ3) is 3.78. The van der Waals surface area contributed by atoms with Gasteiger partial charge in [0.25, 0.3) is 5.91 Å². The van der Waals surface area contributed by atoms with Crippen molar-refractivity contribution in [1.82, 2.24) is 19.1 Å². The molecule has 0 atom stereocenters. The normalized spacial score (nSPS) is 14.7. The van der Waals surface area contributed by atoms with Gasteiger partial charge in [0, 0.05) is 24.4 Å². The van der Waals surface area contributed by atoms with Crippen molar-refractivity contribution < 1.29 is 13.2 Å². The van der Waals surface area contributed by atoms with Gasteiger partial charge in [0.1, 0.15) is 0 Å². The summed E-state index contributed by atoms with van der Waals surface area (Å²) in [5, 5.41) is 7.19. The quantitative estimate of drug-likeness (QED) is 0.651. The number of fused-ring (bicyclic) bond motifs is 1. The fourth-order valence-corrected chi connectivity index (χ4v) is 5.72. The first-order valence-electron chi connectivity index (χ1n) is 9.66. The van der Waals surface area contributed by atoms with E-state index in [1.165, 1.54) is 15.6 Å². The predicted octanol–water partition coefficient (Wildman–Crippen LogP) is 2.99. The van der Waals surface area contributed by atoms with E-state index < -0.39 is 15.3 Å². The minimum absolute atomic E-state index is 0.285. The SMILES string of the molecule is Cc1c(C(=O)Nc2nc3c(s2)CN(S(=O)(=O)C(C)C)CC3)cnn1-c1ccccc1. The topological polar surface area (TPSA) is 97.2 Å². The van der Waals surface area contributed by atoms with Crippen LogP contribution in [0.3, 0.4) is 0 Å². The average Bonchev–Trinajstić information content (AvgIpc) is 3.30. The highest BCUT2D eigenvalue weighted by Crippen LogP contribution is 2.30. The Labute approximate surface area is 179 Å². The number of rotatable bonds is 5. The van der Waals surface area contributed by atoms with E-state index in [4.69, 9.17) is 0 Å². The molecule has 1 amide bonds. The number of benzene rings is 1. The fourth-order valence-electron chi connectivity index (χ4n) is 3.37. The summed E-state index contributed by atoms with van der Waals surface area (Å²) in [6.45, 7) is 5.92. The molecule has 1 aliphatic heterocycles.